The predicted octanol–water partition coefficient (Wildman–Crippen LogP) is 2.30. The van der Waals surface area contributed by atoms with E-state index < -0.39 is 0 Å². The molecule has 1 rings (SSSR count). The van der Waals surface area contributed by atoms with Crippen molar-refractivity contribution in [3.05, 3.63) is 29.3 Å². The van der Waals surface area contributed by atoms with Gasteiger partial charge in [0.15, 0.2) is 0 Å². The molecule has 0 fully saturated rings. The summed E-state index contributed by atoms with van der Waals surface area (Å²) in [7, 11) is 1.69. The van der Waals surface area contributed by atoms with E-state index in [2.05, 4.69) is 19.1 Å². The molecule has 0 bridgehead atoms. The molecule has 0 amide bonds. The molecular formula is C14H23NO2. The Bertz CT molecular complexity index is 350. The Labute approximate surface area is 104 Å². The summed E-state index contributed by atoms with van der Waals surface area (Å²) in [5.74, 6) is 0.914. The Morgan fingerprint density at radius 2 is 2.00 bits per heavy atom. The molecule has 0 aliphatic heterocycles. The van der Waals surface area contributed by atoms with Crippen molar-refractivity contribution in [2.24, 2.45) is 5.73 Å². The standard InChI is InChI=1S/C14H23NO2/c1-10-5-6-14(17-9-12(3)16-4)13(7-10)8-11(2)15/h5-7,11-12H,8-9,15H2,1-4H3. The van der Waals surface area contributed by atoms with Crippen molar-refractivity contribution in [2.75, 3.05) is 13.7 Å². The van der Waals surface area contributed by atoms with Crippen LogP contribution in [-0.4, -0.2) is 25.9 Å². The number of hydrogen-bond donors (Lipinski definition) is 1. The number of hydrogen-bond acceptors (Lipinski definition) is 3. The molecule has 2 atom stereocenters. The van der Waals surface area contributed by atoms with E-state index in [1.807, 2.05) is 19.9 Å². The Morgan fingerprint density at radius 1 is 1.29 bits per heavy atom. The summed E-state index contributed by atoms with van der Waals surface area (Å²) in [4.78, 5) is 0. The topological polar surface area (TPSA) is 44.5 Å². The summed E-state index contributed by atoms with van der Waals surface area (Å²) in [6.45, 7) is 6.63. The highest BCUT2D eigenvalue weighted by atomic mass is 16.5. The van der Waals surface area contributed by atoms with E-state index in [4.69, 9.17) is 15.2 Å². The molecule has 0 spiro atoms. The molecule has 3 heteroatoms. The van der Waals surface area contributed by atoms with Crippen LogP contribution in [0, 0.1) is 6.92 Å². The summed E-state index contributed by atoms with van der Waals surface area (Å²) >= 11 is 0. The van der Waals surface area contributed by atoms with Gasteiger partial charge in [0.2, 0.25) is 0 Å². The molecule has 17 heavy (non-hydrogen) atoms. The van der Waals surface area contributed by atoms with E-state index in [0.717, 1.165) is 12.2 Å². The Hall–Kier alpha value is -1.06. The maximum atomic E-state index is 5.85. The molecule has 96 valence electrons. The quantitative estimate of drug-likeness (QED) is 0.825. The lowest BCUT2D eigenvalue weighted by Gasteiger charge is -2.16. The summed E-state index contributed by atoms with van der Waals surface area (Å²) < 4.78 is 10.9. The van der Waals surface area contributed by atoms with Crippen LogP contribution >= 0.6 is 0 Å². The summed E-state index contributed by atoms with van der Waals surface area (Å²) in [6.07, 6.45) is 0.928. The number of aryl methyl sites for hydroxylation is 1. The maximum absolute atomic E-state index is 5.85. The Morgan fingerprint density at radius 3 is 2.59 bits per heavy atom. The lowest BCUT2D eigenvalue weighted by atomic mass is 10.0. The van der Waals surface area contributed by atoms with Crippen LogP contribution < -0.4 is 10.5 Å². The summed E-state index contributed by atoms with van der Waals surface area (Å²) in [5, 5.41) is 0. The van der Waals surface area contributed by atoms with E-state index in [-0.39, 0.29) is 12.1 Å². The molecule has 0 aliphatic rings. The molecule has 2 N–H and O–H groups in total. The van der Waals surface area contributed by atoms with Gasteiger partial charge >= 0.3 is 0 Å². The lowest BCUT2D eigenvalue weighted by Crippen LogP contribution is -2.20. The van der Waals surface area contributed by atoms with Crippen LogP contribution in [0.25, 0.3) is 0 Å². The van der Waals surface area contributed by atoms with Crippen LogP contribution in [0.4, 0.5) is 0 Å². The van der Waals surface area contributed by atoms with Gasteiger partial charge in [0.05, 0.1) is 6.10 Å². The molecule has 0 heterocycles. The monoisotopic (exact) mass is 237 g/mol. The first-order valence-corrected chi connectivity index (χ1v) is 6.03. The fourth-order valence-electron chi connectivity index (χ4n) is 1.63. The molecule has 0 aliphatic carbocycles. The third kappa shape index (κ3) is 4.75. The van der Waals surface area contributed by atoms with Crippen LogP contribution in [0.3, 0.4) is 0 Å². The number of methoxy groups -OCH3 is 1. The maximum Gasteiger partial charge on any atom is 0.122 e. The number of benzene rings is 1. The second-order valence-corrected chi connectivity index (χ2v) is 4.65. The van der Waals surface area contributed by atoms with Crippen LogP contribution in [0.15, 0.2) is 18.2 Å². The van der Waals surface area contributed by atoms with Crippen molar-refractivity contribution in [3.63, 3.8) is 0 Å². The van der Waals surface area contributed by atoms with Gasteiger partial charge < -0.3 is 15.2 Å². The molecular weight excluding hydrogens is 214 g/mol. The van der Waals surface area contributed by atoms with Crippen molar-refractivity contribution >= 4 is 0 Å². The van der Waals surface area contributed by atoms with Crippen LogP contribution in [0.1, 0.15) is 25.0 Å². The van der Waals surface area contributed by atoms with Gasteiger partial charge in [-0.25, -0.2) is 0 Å². The van der Waals surface area contributed by atoms with Crippen molar-refractivity contribution < 1.29 is 9.47 Å². The van der Waals surface area contributed by atoms with E-state index >= 15 is 0 Å². The lowest BCUT2D eigenvalue weighted by molar-refractivity contribution is 0.0713. The minimum atomic E-state index is 0.0967. The predicted molar refractivity (Wildman–Crippen MR) is 70.5 cm³/mol. The number of ether oxygens (including phenoxy) is 2. The van der Waals surface area contributed by atoms with E-state index in [0.29, 0.717) is 6.61 Å². The zero-order valence-corrected chi connectivity index (χ0v) is 11.2. The smallest absolute Gasteiger partial charge is 0.122 e. The minimum absolute atomic E-state index is 0.0967. The van der Waals surface area contributed by atoms with Gasteiger partial charge in [-0.05, 0) is 38.8 Å². The average molecular weight is 237 g/mol. The fourth-order valence-corrected chi connectivity index (χ4v) is 1.63. The van der Waals surface area contributed by atoms with Crippen molar-refractivity contribution in [2.45, 2.75) is 39.3 Å². The van der Waals surface area contributed by atoms with Crippen molar-refractivity contribution in [1.82, 2.24) is 0 Å². The zero-order chi connectivity index (χ0) is 12.8. The summed E-state index contributed by atoms with van der Waals surface area (Å²) in [5.41, 5.74) is 8.24. The minimum Gasteiger partial charge on any atom is -0.491 e. The number of nitrogens with two attached hydrogens (primary N) is 1. The Kier molecular flexibility index (Phi) is 5.45. The third-order valence-electron chi connectivity index (χ3n) is 2.63. The van der Waals surface area contributed by atoms with E-state index in [9.17, 15) is 0 Å². The van der Waals surface area contributed by atoms with Gasteiger partial charge in [-0.2, -0.15) is 0 Å². The van der Waals surface area contributed by atoms with Gasteiger partial charge in [-0.1, -0.05) is 17.7 Å². The van der Waals surface area contributed by atoms with Gasteiger partial charge in [0, 0.05) is 13.2 Å². The van der Waals surface area contributed by atoms with Gasteiger partial charge in [-0.3, -0.25) is 0 Å². The molecule has 0 aromatic heterocycles. The van der Waals surface area contributed by atoms with Crippen LogP contribution in [-0.2, 0) is 11.2 Å². The molecule has 0 radical (unpaired) electrons. The summed E-state index contributed by atoms with van der Waals surface area (Å²) in [6, 6.07) is 6.34. The molecule has 3 nitrogen and oxygen atoms in total. The van der Waals surface area contributed by atoms with Crippen LogP contribution in [0.5, 0.6) is 5.75 Å². The van der Waals surface area contributed by atoms with E-state index in [1.165, 1.54) is 11.1 Å². The first kappa shape index (κ1) is 14.0. The molecule has 2 unspecified atom stereocenters. The van der Waals surface area contributed by atoms with Gasteiger partial charge in [0.25, 0.3) is 0 Å². The highest BCUT2D eigenvalue weighted by molar-refractivity contribution is 5.37. The largest absolute Gasteiger partial charge is 0.491 e. The average Bonchev–Trinajstić information content (AvgIpc) is 2.26. The fraction of sp³-hybridized carbons (Fsp3) is 0.571. The Balaban J connectivity index is 2.75. The van der Waals surface area contributed by atoms with Crippen molar-refractivity contribution in [3.8, 4) is 5.75 Å². The third-order valence-corrected chi connectivity index (χ3v) is 2.63. The first-order valence-electron chi connectivity index (χ1n) is 6.03. The van der Waals surface area contributed by atoms with Crippen molar-refractivity contribution in [1.29, 1.82) is 0 Å². The molecule has 1 aromatic carbocycles. The van der Waals surface area contributed by atoms with Crippen LogP contribution in [0.2, 0.25) is 0 Å². The highest BCUT2D eigenvalue weighted by Crippen LogP contribution is 2.21. The molecule has 0 saturated heterocycles. The second-order valence-electron chi connectivity index (χ2n) is 4.65. The molecule has 1 aromatic rings. The second kappa shape index (κ2) is 6.62. The first-order chi connectivity index (χ1) is 8.02. The van der Waals surface area contributed by atoms with Gasteiger partial charge in [-0.15, -0.1) is 0 Å². The number of rotatable bonds is 6. The zero-order valence-electron chi connectivity index (χ0n) is 11.2. The van der Waals surface area contributed by atoms with Gasteiger partial charge in [0.1, 0.15) is 12.4 Å². The highest BCUT2D eigenvalue weighted by Gasteiger charge is 2.08. The normalized spacial score (nSPS) is 14.4. The van der Waals surface area contributed by atoms with E-state index in [1.54, 1.807) is 7.11 Å². The SMILES string of the molecule is COC(C)COc1ccc(C)cc1CC(C)N. The molecule has 0 saturated carbocycles.